The molecule has 0 spiro atoms. The van der Waals surface area contributed by atoms with E-state index in [1.165, 1.54) is 17.2 Å². The van der Waals surface area contributed by atoms with Crippen molar-refractivity contribution < 1.29 is 22.8 Å². The topological polar surface area (TPSA) is 58.2 Å². The second kappa shape index (κ2) is 7.16. The number of hydrogen-bond donors (Lipinski definition) is 2. The fourth-order valence-electron chi connectivity index (χ4n) is 3.58. The lowest BCUT2D eigenvalue weighted by Crippen LogP contribution is -2.39. The second-order valence-corrected chi connectivity index (χ2v) is 8.19. The molecule has 1 atom stereocenters. The summed E-state index contributed by atoms with van der Waals surface area (Å²) in [6, 6.07) is 11.3. The number of amides is 2. The van der Waals surface area contributed by atoms with E-state index in [2.05, 4.69) is 10.6 Å². The third kappa shape index (κ3) is 3.87. The Morgan fingerprint density at radius 2 is 1.82 bits per heavy atom. The Morgan fingerprint density at radius 1 is 1.14 bits per heavy atom. The van der Waals surface area contributed by atoms with Crippen molar-refractivity contribution in [3.8, 4) is 0 Å². The van der Waals surface area contributed by atoms with Crippen LogP contribution in [0.3, 0.4) is 0 Å². The van der Waals surface area contributed by atoms with Crippen LogP contribution in [0.4, 0.5) is 18.9 Å². The molecule has 0 unspecified atom stereocenters. The molecule has 1 aliphatic heterocycles. The van der Waals surface area contributed by atoms with Crippen LogP contribution in [0.1, 0.15) is 23.1 Å². The van der Waals surface area contributed by atoms with Crippen LogP contribution in [0.15, 0.2) is 47.4 Å². The first-order chi connectivity index (χ1) is 13.3. The Kier molecular flexibility index (Phi) is 4.82. The second-order valence-electron chi connectivity index (χ2n) is 6.95. The number of halogens is 3. The van der Waals surface area contributed by atoms with Crippen molar-refractivity contribution >= 4 is 29.3 Å². The lowest BCUT2D eigenvalue weighted by atomic mass is 10.1. The maximum atomic E-state index is 12.8. The number of fused-ring (bicyclic) bond motifs is 2. The van der Waals surface area contributed by atoms with Crippen LogP contribution in [0.5, 0.6) is 0 Å². The van der Waals surface area contributed by atoms with E-state index in [9.17, 15) is 22.8 Å². The van der Waals surface area contributed by atoms with Crippen molar-refractivity contribution in [3.63, 3.8) is 0 Å². The van der Waals surface area contributed by atoms with Crippen molar-refractivity contribution in [1.29, 1.82) is 0 Å². The number of thioether (sulfide) groups is 1. The summed E-state index contributed by atoms with van der Waals surface area (Å²) in [5, 5.41) is 4.79. The van der Waals surface area contributed by atoms with E-state index < -0.39 is 22.9 Å². The Labute approximate surface area is 163 Å². The lowest BCUT2D eigenvalue weighted by Gasteiger charge is -2.25. The summed E-state index contributed by atoms with van der Waals surface area (Å²) in [6.07, 6.45) is -2.98. The number of nitrogens with one attached hydrogen (secondary N) is 2. The van der Waals surface area contributed by atoms with Crippen LogP contribution in [-0.2, 0) is 28.6 Å². The molecule has 2 aromatic rings. The van der Waals surface area contributed by atoms with Crippen LogP contribution in [-0.4, -0.2) is 23.1 Å². The summed E-state index contributed by atoms with van der Waals surface area (Å²) in [6.45, 7) is 0. The van der Waals surface area contributed by atoms with Gasteiger partial charge in [-0.1, -0.05) is 24.3 Å². The Balaban J connectivity index is 1.38. The molecule has 1 heterocycles. The van der Waals surface area contributed by atoms with Gasteiger partial charge in [0.15, 0.2) is 0 Å². The fourth-order valence-corrected chi connectivity index (χ4v) is 4.67. The van der Waals surface area contributed by atoms with E-state index in [0.717, 1.165) is 36.7 Å². The van der Waals surface area contributed by atoms with Crippen molar-refractivity contribution in [2.75, 3.05) is 5.32 Å². The number of benzene rings is 2. The van der Waals surface area contributed by atoms with Crippen LogP contribution in [0.25, 0.3) is 0 Å². The van der Waals surface area contributed by atoms with Crippen LogP contribution >= 0.6 is 11.8 Å². The van der Waals surface area contributed by atoms with Gasteiger partial charge in [-0.3, -0.25) is 9.59 Å². The molecular weight excluding hydrogens is 389 g/mol. The van der Waals surface area contributed by atoms with Crippen molar-refractivity contribution in [1.82, 2.24) is 5.32 Å². The Hall–Kier alpha value is -2.48. The summed E-state index contributed by atoms with van der Waals surface area (Å²) in [7, 11) is 0. The number of carbonyl (C=O) groups is 2. The molecule has 2 amide bonds. The molecular formula is C20H17F3N2O2S. The minimum Gasteiger partial charge on any atom is -0.353 e. The molecule has 2 aliphatic rings. The minimum absolute atomic E-state index is 0.00295. The predicted molar refractivity (Wildman–Crippen MR) is 100 cm³/mol. The van der Waals surface area contributed by atoms with Crippen molar-refractivity contribution in [2.24, 2.45) is 0 Å². The average molecular weight is 406 g/mol. The van der Waals surface area contributed by atoms with Gasteiger partial charge in [-0.2, -0.15) is 13.2 Å². The van der Waals surface area contributed by atoms with Gasteiger partial charge < -0.3 is 10.6 Å². The highest BCUT2D eigenvalue weighted by atomic mass is 32.2. The molecule has 28 heavy (non-hydrogen) atoms. The van der Waals surface area contributed by atoms with Crippen LogP contribution in [0, 0.1) is 0 Å². The molecule has 146 valence electrons. The molecule has 0 radical (unpaired) electrons. The van der Waals surface area contributed by atoms with Gasteiger partial charge in [0.05, 0.1) is 16.5 Å². The first-order valence-electron chi connectivity index (χ1n) is 8.84. The van der Waals surface area contributed by atoms with Crippen molar-refractivity contribution in [2.45, 2.75) is 41.6 Å². The summed E-state index contributed by atoms with van der Waals surface area (Å²) in [4.78, 5) is 25.2. The van der Waals surface area contributed by atoms with E-state index in [1.54, 1.807) is 0 Å². The van der Waals surface area contributed by atoms with Gasteiger partial charge in [-0.25, -0.2) is 0 Å². The smallest absolute Gasteiger partial charge is 0.353 e. The summed E-state index contributed by atoms with van der Waals surface area (Å²) in [5.74, 6) is -0.692. The Bertz CT molecular complexity index is 920. The molecule has 0 saturated carbocycles. The van der Waals surface area contributed by atoms with Gasteiger partial charge in [0.25, 0.3) is 0 Å². The van der Waals surface area contributed by atoms with Gasteiger partial charge in [-0.15, -0.1) is 11.8 Å². The molecule has 1 aliphatic carbocycles. The average Bonchev–Trinajstić information content (AvgIpc) is 3.03. The van der Waals surface area contributed by atoms with Crippen LogP contribution in [0.2, 0.25) is 0 Å². The van der Waals surface area contributed by atoms with Gasteiger partial charge in [0, 0.05) is 17.4 Å². The zero-order valence-corrected chi connectivity index (χ0v) is 15.5. The molecule has 2 aromatic carbocycles. The summed E-state index contributed by atoms with van der Waals surface area (Å²) in [5.41, 5.74) is 1.75. The molecule has 2 N–H and O–H groups in total. The number of anilines is 1. The number of carbonyl (C=O) groups excluding carboxylic acids is 2. The van der Waals surface area contributed by atoms with Gasteiger partial charge in [0.1, 0.15) is 0 Å². The van der Waals surface area contributed by atoms with Gasteiger partial charge in [-0.05, 0) is 42.2 Å². The fraction of sp³-hybridized carbons (Fsp3) is 0.300. The third-order valence-corrected chi connectivity index (χ3v) is 6.19. The summed E-state index contributed by atoms with van der Waals surface area (Å²) >= 11 is 1.12. The number of hydrogen-bond acceptors (Lipinski definition) is 3. The standard InChI is InChI=1S/C20H17F3N2O2S/c21-20(22,23)13-5-6-16-15(9-13)25-19(27)17(28-16)10-18(26)24-14-7-11-3-1-2-4-12(11)8-14/h1-6,9,14,17H,7-8,10H2,(H,24,26)(H,25,27)/t17-/m1/s1. The highest BCUT2D eigenvalue weighted by Gasteiger charge is 2.34. The summed E-state index contributed by atoms with van der Waals surface area (Å²) < 4.78 is 38.5. The largest absolute Gasteiger partial charge is 0.416 e. The number of alkyl halides is 3. The van der Waals surface area contributed by atoms with E-state index in [4.69, 9.17) is 0 Å². The number of rotatable bonds is 3. The molecule has 0 aromatic heterocycles. The zero-order valence-electron chi connectivity index (χ0n) is 14.7. The molecule has 0 saturated heterocycles. The van der Waals surface area contributed by atoms with E-state index >= 15 is 0 Å². The normalized spacial score (nSPS) is 19.0. The maximum Gasteiger partial charge on any atom is 0.416 e. The molecule has 0 bridgehead atoms. The monoisotopic (exact) mass is 406 g/mol. The van der Waals surface area contributed by atoms with E-state index in [0.29, 0.717) is 4.90 Å². The van der Waals surface area contributed by atoms with Crippen LogP contribution < -0.4 is 10.6 Å². The highest BCUT2D eigenvalue weighted by Crippen LogP contribution is 2.40. The predicted octanol–water partition coefficient (Wildman–Crippen LogP) is 3.79. The van der Waals surface area contributed by atoms with E-state index in [1.807, 2.05) is 24.3 Å². The molecule has 4 rings (SSSR count). The third-order valence-electron chi connectivity index (χ3n) is 4.91. The Morgan fingerprint density at radius 3 is 2.46 bits per heavy atom. The molecule has 8 heteroatoms. The zero-order chi connectivity index (χ0) is 19.9. The van der Waals surface area contributed by atoms with Gasteiger partial charge >= 0.3 is 6.18 Å². The molecule has 0 fully saturated rings. The minimum atomic E-state index is -4.47. The first kappa shape index (κ1) is 18.9. The van der Waals surface area contributed by atoms with Gasteiger partial charge in [0.2, 0.25) is 11.8 Å². The van der Waals surface area contributed by atoms with E-state index in [-0.39, 0.29) is 24.1 Å². The maximum absolute atomic E-state index is 12.8. The SMILES string of the molecule is O=C(C[C@H]1Sc2ccc(C(F)(F)F)cc2NC1=O)NC1Cc2ccccc2C1. The van der Waals surface area contributed by atoms with Crippen molar-refractivity contribution in [3.05, 3.63) is 59.2 Å². The first-order valence-corrected chi connectivity index (χ1v) is 9.72. The quantitative estimate of drug-likeness (QED) is 0.816. The highest BCUT2D eigenvalue weighted by molar-refractivity contribution is 8.01. The molecule has 4 nitrogen and oxygen atoms in total. The lowest BCUT2D eigenvalue weighted by molar-refractivity contribution is -0.137.